The number of methoxy groups -OCH3 is 1. The smallest absolute Gasteiger partial charge is 0.332 e. The molecule has 2 aliphatic rings. The van der Waals surface area contributed by atoms with E-state index in [2.05, 4.69) is 18.5 Å². The Morgan fingerprint density at radius 2 is 1.80 bits per heavy atom. The number of carbonyl (C=O) groups is 3. The Labute approximate surface area is 289 Å². The fourth-order valence-corrected chi connectivity index (χ4v) is 6.75. The highest BCUT2D eigenvalue weighted by Gasteiger charge is 2.62. The zero-order valence-corrected chi connectivity index (χ0v) is 29.0. The summed E-state index contributed by atoms with van der Waals surface area (Å²) >= 11 is 0. The molecule has 2 amide bonds. The van der Waals surface area contributed by atoms with E-state index in [9.17, 15) is 14.4 Å². The molecular weight excluding hydrogens is 620 g/mol. The van der Waals surface area contributed by atoms with Gasteiger partial charge in [0.25, 0.3) is 0 Å². The maximum absolute atomic E-state index is 14.1. The lowest BCUT2D eigenvalue weighted by Gasteiger charge is -2.32. The van der Waals surface area contributed by atoms with Gasteiger partial charge in [0, 0.05) is 49.6 Å². The normalized spacial score (nSPS) is 22.7. The Bertz CT molecular complexity index is 1680. The summed E-state index contributed by atoms with van der Waals surface area (Å²) < 4.78 is 17.5. The lowest BCUT2D eigenvalue weighted by Crippen LogP contribution is -2.51. The molecule has 0 bridgehead atoms. The summed E-state index contributed by atoms with van der Waals surface area (Å²) in [7, 11) is 5.23. The third-order valence-electron chi connectivity index (χ3n) is 9.77. The van der Waals surface area contributed by atoms with Crippen LogP contribution in [-0.2, 0) is 19.1 Å². The number of esters is 1. The molecule has 10 nitrogen and oxygen atoms in total. The molecule has 49 heavy (non-hydrogen) atoms. The minimum atomic E-state index is -1.17. The quantitative estimate of drug-likeness (QED) is 0.0861. The Kier molecular flexibility index (Phi) is 11.4. The topological polar surface area (TPSA) is 110 Å². The van der Waals surface area contributed by atoms with Gasteiger partial charge in [-0.1, -0.05) is 42.5 Å². The number of pyridine rings is 1. The van der Waals surface area contributed by atoms with Crippen LogP contribution < -0.4 is 14.8 Å². The van der Waals surface area contributed by atoms with E-state index in [-0.39, 0.29) is 30.8 Å². The number of amides is 2. The molecule has 5 rings (SSSR count). The molecule has 2 aromatic carbocycles. The highest BCUT2D eigenvalue weighted by atomic mass is 16.5. The number of fused-ring (bicyclic) bond motifs is 1. The molecule has 10 heteroatoms. The number of unbranched alkanes of at least 4 members (excludes halogenated alkanes) is 2. The van der Waals surface area contributed by atoms with Gasteiger partial charge in [-0.05, 0) is 57.6 Å². The van der Waals surface area contributed by atoms with Crippen molar-refractivity contribution in [3.8, 4) is 22.8 Å². The van der Waals surface area contributed by atoms with Gasteiger partial charge < -0.3 is 19.5 Å². The summed E-state index contributed by atoms with van der Waals surface area (Å²) in [6.45, 7) is 10.2. The molecular formula is C39H48N4O6. The molecule has 0 radical (unpaired) electrons. The van der Waals surface area contributed by atoms with E-state index in [0.29, 0.717) is 36.4 Å². The molecule has 2 saturated carbocycles. The van der Waals surface area contributed by atoms with Gasteiger partial charge in [0.05, 0.1) is 36.8 Å². The highest BCUT2D eigenvalue weighted by Crippen LogP contribution is 2.47. The number of hydrogen-bond acceptors (Lipinski definition) is 8. The Balaban J connectivity index is 1.44. The van der Waals surface area contributed by atoms with Crippen molar-refractivity contribution in [2.45, 2.75) is 57.1 Å². The minimum absolute atomic E-state index is 0.173. The number of hydrogen-bond donors (Lipinski definition) is 1. The second kappa shape index (κ2) is 15.7. The van der Waals surface area contributed by atoms with E-state index in [1.807, 2.05) is 72.7 Å². The Morgan fingerprint density at radius 1 is 1.04 bits per heavy atom. The Morgan fingerprint density at radius 3 is 2.47 bits per heavy atom. The van der Waals surface area contributed by atoms with Crippen LogP contribution in [0.1, 0.15) is 45.4 Å². The third kappa shape index (κ3) is 7.80. The molecule has 0 aliphatic heterocycles. The predicted octanol–water partition coefficient (Wildman–Crippen LogP) is 5.97. The van der Waals surface area contributed by atoms with E-state index in [4.69, 9.17) is 19.2 Å². The zero-order chi connectivity index (χ0) is 35.1. The van der Waals surface area contributed by atoms with E-state index < -0.39 is 29.4 Å². The van der Waals surface area contributed by atoms with Crippen molar-refractivity contribution in [3.05, 3.63) is 79.9 Å². The largest absolute Gasteiger partial charge is 0.497 e. The van der Waals surface area contributed by atoms with Gasteiger partial charge >= 0.3 is 5.97 Å². The van der Waals surface area contributed by atoms with Gasteiger partial charge in [-0.15, -0.1) is 13.2 Å². The first-order valence-corrected chi connectivity index (χ1v) is 17.1. The molecule has 0 spiro atoms. The van der Waals surface area contributed by atoms with Gasteiger partial charge in [-0.3, -0.25) is 14.6 Å². The van der Waals surface area contributed by atoms with Crippen molar-refractivity contribution < 1.29 is 28.6 Å². The first-order chi connectivity index (χ1) is 23.6. The summed E-state index contributed by atoms with van der Waals surface area (Å²) in [5, 5.41) is 7.28. The number of carbonyl (C=O) groups excluding carboxylic acids is 3. The lowest BCUT2D eigenvalue weighted by atomic mass is 9.93. The van der Waals surface area contributed by atoms with Crippen molar-refractivity contribution in [1.82, 2.24) is 20.3 Å². The monoisotopic (exact) mass is 668 g/mol. The van der Waals surface area contributed by atoms with Crippen molar-refractivity contribution in [2.24, 2.45) is 17.8 Å². The first-order valence-electron chi connectivity index (χ1n) is 17.1. The minimum Gasteiger partial charge on any atom is -0.497 e. The average molecular weight is 669 g/mol. The fourth-order valence-electron chi connectivity index (χ4n) is 6.75. The predicted molar refractivity (Wildman–Crippen MR) is 190 cm³/mol. The maximum atomic E-state index is 14.1. The van der Waals surface area contributed by atoms with Gasteiger partial charge in [-0.25, -0.2) is 14.8 Å². The van der Waals surface area contributed by atoms with Crippen molar-refractivity contribution >= 4 is 28.7 Å². The van der Waals surface area contributed by atoms with E-state index in [1.165, 1.54) is 0 Å². The van der Waals surface area contributed by atoms with Crippen LogP contribution in [0, 0.1) is 17.8 Å². The van der Waals surface area contributed by atoms with Crippen LogP contribution in [0.5, 0.6) is 11.5 Å². The summed E-state index contributed by atoms with van der Waals surface area (Å²) in [4.78, 5) is 46.2. The van der Waals surface area contributed by atoms with E-state index in [0.717, 1.165) is 35.9 Å². The summed E-state index contributed by atoms with van der Waals surface area (Å²) in [5.74, 6) is -1.38. The van der Waals surface area contributed by atoms with Gasteiger partial charge in [0.1, 0.15) is 23.1 Å². The fraction of sp³-hybridized carbons (Fsp3) is 0.436. The maximum Gasteiger partial charge on any atom is 0.332 e. The molecule has 1 N–H and O–H groups in total. The summed E-state index contributed by atoms with van der Waals surface area (Å²) in [6, 6.07) is 17.4. The Hall–Kier alpha value is -4.70. The van der Waals surface area contributed by atoms with Crippen LogP contribution in [-0.4, -0.2) is 78.8 Å². The number of hydrazine groups is 1. The SMILES string of the molecule is C=CCCCCN(C)N(C)C(=O)C1CC(Oc2cc(-c3ccccc3)nc3cc(OC)ccc23)CC1C(=O)NC1(C(=O)OCC)CC1C=C. The molecule has 1 heterocycles. The second-order valence-corrected chi connectivity index (χ2v) is 12.9. The second-order valence-electron chi connectivity index (χ2n) is 12.9. The number of nitrogens with zero attached hydrogens (tertiary/aromatic N) is 3. The number of allylic oxidation sites excluding steroid dienone is 1. The van der Waals surface area contributed by atoms with Crippen LogP contribution in [0.3, 0.4) is 0 Å². The van der Waals surface area contributed by atoms with Crippen LogP contribution in [0.15, 0.2) is 79.9 Å². The zero-order valence-electron chi connectivity index (χ0n) is 29.0. The molecule has 260 valence electrons. The van der Waals surface area contributed by atoms with Gasteiger partial charge in [0.15, 0.2) is 0 Å². The van der Waals surface area contributed by atoms with Crippen LogP contribution >= 0.6 is 0 Å². The van der Waals surface area contributed by atoms with Crippen molar-refractivity contribution in [2.75, 3.05) is 34.4 Å². The van der Waals surface area contributed by atoms with Crippen LogP contribution in [0.2, 0.25) is 0 Å². The van der Waals surface area contributed by atoms with Gasteiger partial charge in [0.2, 0.25) is 11.8 Å². The molecule has 2 aliphatic carbocycles. The summed E-state index contributed by atoms with van der Waals surface area (Å²) in [6.07, 6.45) is 6.90. The first kappa shape index (κ1) is 35.6. The van der Waals surface area contributed by atoms with Gasteiger partial charge in [-0.2, -0.15) is 0 Å². The number of rotatable bonds is 16. The number of aromatic nitrogens is 1. The summed E-state index contributed by atoms with van der Waals surface area (Å²) in [5.41, 5.74) is 1.20. The van der Waals surface area contributed by atoms with Crippen molar-refractivity contribution in [1.29, 1.82) is 0 Å². The molecule has 0 saturated heterocycles. The highest BCUT2D eigenvalue weighted by molar-refractivity contribution is 5.95. The molecule has 3 aromatic rings. The molecule has 2 fully saturated rings. The molecule has 1 aromatic heterocycles. The molecule has 5 unspecified atom stereocenters. The van der Waals surface area contributed by atoms with Crippen LogP contribution in [0.25, 0.3) is 22.2 Å². The number of ether oxygens (including phenoxy) is 3. The lowest BCUT2D eigenvalue weighted by molar-refractivity contribution is -0.153. The average Bonchev–Trinajstić information content (AvgIpc) is 3.68. The van der Waals surface area contributed by atoms with Crippen molar-refractivity contribution in [3.63, 3.8) is 0 Å². The molecule has 5 atom stereocenters. The number of benzene rings is 2. The number of nitrogens with one attached hydrogen (secondary N) is 1. The van der Waals surface area contributed by atoms with E-state index >= 15 is 0 Å². The van der Waals surface area contributed by atoms with Crippen LogP contribution in [0.4, 0.5) is 0 Å². The third-order valence-corrected chi connectivity index (χ3v) is 9.77. The van der Waals surface area contributed by atoms with E-state index in [1.54, 1.807) is 32.2 Å². The standard InChI is InChI=1S/C39H48N4O6/c1-7-10-11-15-20-42(4)43(5)37(45)32-22-29(21-31(32)36(44)41-39(25-27(39)8-2)38(46)48-9-3)49-35-24-33(26-16-13-12-14-17-26)40-34-23-28(47-6)18-19-30(34)35/h7-8,12-14,16-19,23-24,27,29,31-32H,1-2,9-11,15,20-22,25H2,3-6H3,(H,41,44).